The molecule has 0 spiro atoms. The Hall–Kier alpha value is 0.270. The second-order valence-corrected chi connectivity index (χ2v) is 6.39. The van der Waals surface area contributed by atoms with E-state index in [0.717, 1.165) is 11.3 Å². The first-order valence-corrected chi connectivity index (χ1v) is 7.52. The molecule has 0 aromatic rings. The van der Waals surface area contributed by atoms with Gasteiger partial charge in [-0.05, 0) is 44.4 Å². The second-order valence-electron chi connectivity index (χ2n) is 5.25. The number of rotatable bonds is 2. The fraction of sp³-hybridized carbons (Fsp3) is 1.00. The number of hydrogen-bond donors (Lipinski definition) is 1. The average Bonchev–Trinajstić information content (AvgIpc) is 2.70. The van der Waals surface area contributed by atoms with E-state index in [1.807, 2.05) is 0 Å². The van der Waals surface area contributed by atoms with E-state index in [-0.39, 0.29) is 0 Å². The molecule has 0 amide bonds. The van der Waals surface area contributed by atoms with Crippen molar-refractivity contribution < 1.29 is 0 Å². The van der Waals surface area contributed by atoms with Crippen molar-refractivity contribution in [2.45, 2.75) is 49.9 Å². The first-order chi connectivity index (χ1) is 7.20. The lowest BCUT2D eigenvalue weighted by Gasteiger charge is -2.38. The van der Waals surface area contributed by atoms with Crippen LogP contribution < -0.4 is 5.73 Å². The van der Waals surface area contributed by atoms with Crippen molar-refractivity contribution in [1.82, 2.24) is 4.90 Å². The fourth-order valence-corrected chi connectivity index (χ4v) is 3.78. The maximum absolute atomic E-state index is 6.06. The van der Waals surface area contributed by atoms with Crippen molar-refractivity contribution >= 4 is 11.8 Å². The van der Waals surface area contributed by atoms with Gasteiger partial charge in [-0.1, -0.05) is 6.92 Å². The van der Waals surface area contributed by atoms with Gasteiger partial charge in [0.2, 0.25) is 0 Å². The third-order valence-electron chi connectivity index (χ3n) is 4.21. The van der Waals surface area contributed by atoms with Gasteiger partial charge in [-0.2, -0.15) is 11.8 Å². The van der Waals surface area contributed by atoms with E-state index in [9.17, 15) is 0 Å². The molecule has 0 aromatic carbocycles. The van der Waals surface area contributed by atoms with Crippen molar-refractivity contribution in [3.63, 3.8) is 0 Å². The Bertz CT molecular complexity index is 210. The molecule has 2 rings (SSSR count). The van der Waals surface area contributed by atoms with E-state index in [1.165, 1.54) is 38.8 Å². The molecule has 2 aliphatic rings. The highest BCUT2D eigenvalue weighted by atomic mass is 32.2. The molecule has 0 aromatic heterocycles. The summed E-state index contributed by atoms with van der Waals surface area (Å²) in [7, 11) is 0. The number of thioether (sulfide) groups is 1. The number of nitrogens with zero attached hydrogens (tertiary/aromatic N) is 1. The van der Waals surface area contributed by atoms with E-state index in [1.54, 1.807) is 0 Å². The second kappa shape index (κ2) is 5.07. The molecular weight excluding hydrogens is 204 g/mol. The third kappa shape index (κ3) is 2.69. The summed E-state index contributed by atoms with van der Waals surface area (Å²) in [5, 5.41) is 0.918. The van der Waals surface area contributed by atoms with Gasteiger partial charge in [-0.3, -0.25) is 4.90 Å². The molecule has 1 heterocycles. The highest BCUT2D eigenvalue weighted by molar-refractivity contribution is 7.99. The quantitative estimate of drug-likeness (QED) is 0.783. The Kier molecular flexibility index (Phi) is 3.97. The standard InChI is InChI=1S/C12H24N2S/c1-9-8-14(6-5-12(9)13)10-3-4-11(7-10)15-2/h9-12H,3-8,13H2,1-2H3. The van der Waals surface area contributed by atoms with E-state index < -0.39 is 0 Å². The monoisotopic (exact) mass is 228 g/mol. The summed E-state index contributed by atoms with van der Waals surface area (Å²) in [5.74, 6) is 0.687. The van der Waals surface area contributed by atoms with Crippen LogP contribution in [-0.4, -0.2) is 41.6 Å². The van der Waals surface area contributed by atoms with Crippen LogP contribution in [0.4, 0.5) is 0 Å². The van der Waals surface area contributed by atoms with Gasteiger partial charge in [0.15, 0.2) is 0 Å². The number of likely N-dealkylation sites (tertiary alicyclic amines) is 1. The number of piperidine rings is 1. The zero-order chi connectivity index (χ0) is 10.8. The molecule has 15 heavy (non-hydrogen) atoms. The molecule has 3 heteroatoms. The van der Waals surface area contributed by atoms with Gasteiger partial charge >= 0.3 is 0 Å². The molecule has 0 radical (unpaired) electrons. The van der Waals surface area contributed by atoms with E-state index in [4.69, 9.17) is 5.73 Å². The fourth-order valence-electron chi connectivity index (χ4n) is 2.99. The van der Waals surface area contributed by atoms with Crippen LogP contribution in [0, 0.1) is 5.92 Å². The molecule has 4 atom stereocenters. The molecule has 2 fully saturated rings. The zero-order valence-electron chi connectivity index (χ0n) is 9.98. The summed E-state index contributed by atoms with van der Waals surface area (Å²) >= 11 is 2.05. The predicted molar refractivity (Wildman–Crippen MR) is 68.3 cm³/mol. The lowest BCUT2D eigenvalue weighted by molar-refractivity contribution is 0.118. The number of hydrogen-bond acceptors (Lipinski definition) is 3. The van der Waals surface area contributed by atoms with Crippen LogP contribution in [0.15, 0.2) is 0 Å². The Labute approximate surface area is 98.0 Å². The summed E-state index contributed by atoms with van der Waals surface area (Å²) in [4.78, 5) is 2.70. The number of nitrogens with two attached hydrogens (primary N) is 1. The third-order valence-corrected chi connectivity index (χ3v) is 5.30. The largest absolute Gasteiger partial charge is 0.327 e. The molecule has 4 unspecified atom stereocenters. The van der Waals surface area contributed by atoms with Crippen LogP contribution in [0.5, 0.6) is 0 Å². The highest BCUT2D eigenvalue weighted by Gasteiger charge is 2.32. The average molecular weight is 228 g/mol. The smallest absolute Gasteiger partial charge is 0.0106 e. The minimum absolute atomic E-state index is 0.444. The van der Waals surface area contributed by atoms with Crippen LogP contribution in [0.1, 0.15) is 32.6 Å². The maximum Gasteiger partial charge on any atom is 0.0106 e. The lowest BCUT2D eigenvalue weighted by atomic mass is 9.93. The summed E-state index contributed by atoms with van der Waals surface area (Å²) in [6.07, 6.45) is 7.68. The molecule has 2 N–H and O–H groups in total. The Morgan fingerprint density at radius 2 is 2.07 bits per heavy atom. The minimum Gasteiger partial charge on any atom is -0.327 e. The molecule has 1 saturated heterocycles. The molecule has 88 valence electrons. The Morgan fingerprint density at radius 3 is 2.67 bits per heavy atom. The van der Waals surface area contributed by atoms with Crippen molar-refractivity contribution in [2.75, 3.05) is 19.3 Å². The first kappa shape index (κ1) is 11.7. The van der Waals surface area contributed by atoms with Gasteiger partial charge in [0.05, 0.1) is 0 Å². The molecule has 0 bridgehead atoms. The minimum atomic E-state index is 0.444. The molecular formula is C12H24N2S. The van der Waals surface area contributed by atoms with Crippen molar-refractivity contribution in [3.05, 3.63) is 0 Å². The Balaban J connectivity index is 1.84. The summed E-state index contributed by atoms with van der Waals surface area (Å²) in [5.41, 5.74) is 6.06. The molecule has 1 saturated carbocycles. The van der Waals surface area contributed by atoms with Gasteiger partial charge in [-0.15, -0.1) is 0 Å². The van der Waals surface area contributed by atoms with Gasteiger partial charge in [0.25, 0.3) is 0 Å². The first-order valence-electron chi connectivity index (χ1n) is 6.23. The van der Waals surface area contributed by atoms with Crippen LogP contribution in [0.25, 0.3) is 0 Å². The lowest BCUT2D eigenvalue weighted by Crippen LogP contribution is -2.49. The maximum atomic E-state index is 6.06. The highest BCUT2D eigenvalue weighted by Crippen LogP contribution is 2.33. The van der Waals surface area contributed by atoms with Crippen LogP contribution in [0.3, 0.4) is 0 Å². The van der Waals surface area contributed by atoms with Gasteiger partial charge < -0.3 is 5.73 Å². The van der Waals surface area contributed by atoms with Gasteiger partial charge in [0, 0.05) is 23.9 Å². The van der Waals surface area contributed by atoms with Crippen molar-refractivity contribution in [1.29, 1.82) is 0 Å². The SMILES string of the molecule is CSC1CCC(N2CCC(N)C(C)C2)C1. The molecule has 1 aliphatic carbocycles. The Morgan fingerprint density at radius 1 is 1.27 bits per heavy atom. The van der Waals surface area contributed by atoms with Crippen molar-refractivity contribution in [2.24, 2.45) is 11.7 Å². The normalized spacial score (nSPS) is 43.4. The van der Waals surface area contributed by atoms with Crippen LogP contribution in [-0.2, 0) is 0 Å². The van der Waals surface area contributed by atoms with E-state index >= 15 is 0 Å². The zero-order valence-corrected chi connectivity index (χ0v) is 10.8. The summed E-state index contributed by atoms with van der Waals surface area (Å²) in [6.45, 7) is 4.77. The predicted octanol–water partition coefficient (Wildman–Crippen LogP) is 1.94. The molecule has 2 nitrogen and oxygen atoms in total. The van der Waals surface area contributed by atoms with Crippen molar-refractivity contribution in [3.8, 4) is 0 Å². The summed E-state index contributed by atoms with van der Waals surface area (Å²) < 4.78 is 0. The summed E-state index contributed by atoms with van der Waals surface area (Å²) in [6, 6.07) is 1.30. The van der Waals surface area contributed by atoms with E-state index in [0.29, 0.717) is 12.0 Å². The van der Waals surface area contributed by atoms with E-state index in [2.05, 4.69) is 29.8 Å². The van der Waals surface area contributed by atoms with Crippen LogP contribution >= 0.6 is 11.8 Å². The van der Waals surface area contributed by atoms with Gasteiger partial charge in [0.1, 0.15) is 0 Å². The topological polar surface area (TPSA) is 29.3 Å². The molecule has 1 aliphatic heterocycles. The van der Waals surface area contributed by atoms with Gasteiger partial charge in [-0.25, -0.2) is 0 Å². The van der Waals surface area contributed by atoms with Crippen LogP contribution in [0.2, 0.25) is 0 Å².